The molecule has 7 nitrogen and oxygen atoms in total. The van der Waals surface area contributed by atoms with Crippen molar-refractivity contribution in [3.8, 4) is 6.07 Å². The molecule has 22 heavy (non-hydrogen) atoms. The molecule has 2 aromatic carbocycles. The number of nitriles is 1. The van der Waals surface area contributed by atoms with Gasteiger partial charge in [0.2, 0.25) is 0 Å². The van der Waals surface area contributed by atoms with E-state index in [1.807, 2.05) is 6.07 Å². The second-order valence-electron chi connectivity index (χ2n) is 4.59. The molecule has 2 aromatic rings. The minimum atomic E-state index is -0.831. The molecule has 0 radical (unpaired) electrons. The molecule has 0 spiro atoms. The zero-order valence-electron chi connectivity index (χ0n) is 11.4. The Kier molecular flexibility index (Phi) is 4.44. The molecule has 0 heterocycles. The van der Waals surface area contributed by atoms with Gasteiger partial charge in [0.1, 0.15) is 0 Å². The SMILES string of the molecule is N#C[C@@H](Cc1ccccc1[N+](=O)[O-])c1ccccc1[N+](=O)[O-]. The van der Waals surface area contributed by atoms with Crippen molar-refractivity contribution >= 4 is 11.4 Å². The van der Waals surface area contributed by atoms with Gasteiger partial charge in [-0.1, -0.05) is 36.4 Å². The zero-order chi connectivity index (χ0) is 16.1. The summed E-state index contributed by atoms with van der Waals surface area (Å²) in [6.07, 6.45) is 0.0402. The van der Waals surface area contributed by atoms with Crippen LogP contribution in [0.3, 0.4) is 0 Å². The van der Waals surface area contributed by atoms with Gasteiger partial charge < -0.3 is 0 Å². The van der Waals surface area contributed by atoms with Crippen LogP contribution in [0.2, 0.25) is 0 Å². The third-order valence-electron chi connectivity index (χ3n) is 3.28. The predicted molar refractivity (Wildman–Crippen MR) is 78.3 cm³/mol. The molecule has 7 heteroatoms. The van der Waals surface area contributed by atoms with Crippen molar-refractivity contribution in [3.63, 3.8) is 0 Å². The molecule has 0 unspecified atom stereocenters. The topological polar surface area (TPSA) is 110 Å². The van der Waals surface area contributed by atoms with Gasteiger partial charge in [-0.15, -0.1) is 0 Å². The van der Waals surface area contributed by atoms with Gasteiger partial charge in [-0.3, -0.25) is 20.2 Å². The van der Waals surface area contributed by atoms with E-state index in [4.69, 9.17) is 0 Å². The first kappa shape index (κ1) is 15.1. The average Bonchev–Trinajstić information content (AvgIpc) is 2.52. The highest BCUT2D eigenvalue weighted by Gasteiger charge is 2.24. The summed E-state index contributed by atoms with van der Waals surface area (Å²) in [5.74, 6) is -0.831. The summed E-state index contributed by atoms with van der Waals surface area (Å²) in [5, 5.41) is 31.4. The van der Waals surface area contributed by atoms with E-state index in [9.17, 15) is 25.5 Å². The second-order valence-corrected chi connectivity index (χ2v) is 4.59. The molecule has 1 atom stereocenters. The Morgan fingerprint density at radius 1 is 0.955 bits per heavy atom. The normalized spacial score (nSPS) is 11.4. The highest BCUT2D eigenvalue weighted by molar-refractivity contribution is 5.48. The van der Waals surface area contributed by atoms with Crippen LogP contribution in [0.15, 0.2) is 48.5 Å². The van der Waals surface area contributed by atoms with Gasteiger partial charge >= 0.3 is 0 Å². The molecule has 0 amide bonds. The van der Waals surface area contributed by atoms with Crippen molar-refractivity contribution in [1.29, 1.82) is 5.26 Å². The maximum atomic E-state index is 11.1. The standard InChI is InChI=1S/C15H11N3O4/c16-10-12(13-6-2-4-8-15(13)18(21)22)9-11-5-1-3-7-14(11)17(19)20/h1-8,12H,9H2/t12-/m1/s1. The van der Waals surface area contributed by atoms with E-state index in [0.717, 1.165) is 0 Å². The summed E-state index contributed by atoms with van der Waals surface area (Å²) in [6.45, 7) is 0. The van der Waals surface area contributed by atoms with Crippen LogP contribution < -0.4 is 0 Å². The minimum Gasteiger partial charge on any atom is -0.258 e. The number of hydrogen-bond donors (Lipinski definition) is 0. The number of nitro groups is 2. The summed E-state index contributed by atoms with van der Waals surface area (Å²) in [6, 6.07) is 14.0. The number of para-hydroxylation sites is 2. The Bertz CT molecular complexity index is 767. The van der Waals surface area contributed by atoms with Crippen molar-refractivity contribution in [2.45, 2.75) is 12.3 Å². The fraction of sp³-hybridized carbons (Fsp3) is 0.133. The maximum absolute atomic E-state index is 11.1. The Morgan fingerprint density at radius 2 is 1.50 bits per heavy atom. The fourth-order valence-corrected chi connectivity index (χ4v) is 2.26. The maximum Gasteiger partial charge on any atom is 0.273 e. The fourth-order valence-electron chi connectivity index (χ4n) is 2.26. The van der Waals surface area contributed by atoms with E-state index < -0.39 is 15.8 Å². The first-order valence-electron chi connectivity index (χ1n) is 6.39. The zero-order valence-corrected chi connectivity index (χ0v) is 11.4. The third kappa shape index (κ3) is 3.07. The second kappa shape index (κ2) is 6.45. The highest BCUT2D eigenvalue weighted by atomic mass is 16.6. The minimum absolute atomic E-state index is 0.0402. The highest BCUT2D eigenvalue weighted by Crippen LogP contribution is 2.31. The Morgan fingerprint density at radius 3 is 2.09 bits per heavy atom. The molecule has 0 bridgehead atoms. The number of nitrogens with zero attached hydrogens (tertiary/aromatic N) is 3. The lowest BCUT2D eigenvalue weighted by molar-refractivity contribution is -0.386. The first-order chi connectivity index (χ1) is 10.5. The van der Waals surface area contributed by atoms with Gasteiger partial charge in [0.15, 0.2) is 0 Å². The van der Waals surface area contributed by atoms with Gasteiger partial charge in [-0.05, 0) is 6.42 Å². The lowest BCUT2D eigenvalue weighted by atomic mass is 9.91. The molecule has 0 aliphatic heterocycles. The van der Waals surface area contributed by atoms with E-state index in [0.29, 0.717) is 5.56 Å². The number of hydrogen-bond acceptors (Lipinski definition) is 5. The monoisotopic (exact) mass is 297 g/mol. The van der Waals surface area contributed by atoms with E-state index >= 15 is 0 Å². The summed E-state index contributed by atoms with van der Waals surface area (Å²) < 4.78 is 0. The number of nitro benzene ring substituents is 2. The van der Waals surface area contributed by atoms with Gasteiger partial charge in [-0.2, -0.15) is 5.26 Å². The third-order valence-corrected chi connectivity index (χ3v) is 3.28. The predicted octanol–water partition coefficient (Wildman–Crippen LogP) is 3.35. The molecular formula is C15H11N3O4. The van der Waals surface area contributed by atoms with E-state index in [1.165, 1.54) is 30.3 Å². The average molecular weight is 297 g/mol. The van der Waals surface area contributed by atoms with Crippen LogP contribution in [-0.4, -0.2) is 9.85 Å². The molecule has 0 aromatic heterocycles. The van der Waals surface area contributed by atoms with Crippen LogP contribution in [0.4, 0.5) is 11.4 Å². The molecule has 0 aliphatic rings. The molecular weight excluding hydrogens is 286 g/mol. The largest absolute Gasteiger partial charge is 0.273 e. The lowest BCUT2D eigenvalue weighted by Crippen LogP contribution is -2.06. The van der Waals surface area contributed by atoms with E-state index in [1.54, 1.807) is 18.2 Å². The summed E-state index contributed by atoms with van der Waals surface area (Å²) in [4.78, 5) is 21.0. The Balaban J connectivity index is 2.42. The van der Waals surface area contributed by atoms with Crippen LogP contribution in [0.1, 0.15) is 17.0 Å². The lowest BCUT2D eigenvalue weighted by Gasteiger charge is -2.10. The van der Waals surface area contributed by atoms with Gasteiger partial charge in [0, 0.05) is 23.3 Å². The smallest absolute Gasteiger partial charge is 0.258 e. The number of rotatable bonds is 5. The van der Waals surface area contributed by atoms with Gasteiger partial charge in [-0.25, -0.2) is 0 Å². The molecule has 0 saturated heterocycles. The van der Waals surface area contributed by atoms with Gasteiger partial charge in [0.25, 0.3) is 11.4 Å². The molecule has 0 N–H and O–H groups in total. The summed E-state index contributed by atoms with van der Waals surface area (Å²) >= 11 is 0. The quantitative estimate of drug-likeness (QED) is 0.620. The van der Waals surface area contributed by atoms with Crippen LogP contribution in [-0.2, 0) is 6.42 Å². The van der Waals surface area contributed by atoms with E-state index in [2.05, 4.69) is 0 Å². The van der Waals surface area contributed by atoms with Crippen molar-refractivity contribution in [2.24, 2.45) is 0 Å². The van der Waals surface area contributed by atoms with Crippen molar-refractivity contribution in [2.75, 3.05) is 0 Å². The Hall–Kier alpha value is -3.27. The molecule has 110 valence electrons. The van der Waals surface area contributed by atoms with Crippen LogP contribution in [0, 0.1) is 31.6 Å². The molecule has 0 fully saturated rings. The van der Waals surface area contributed by atoms with E-state index in [-0.39, 0.29) is 23.4 Å². The number of benzene rings is 2. The van der Waals surface area contributed by atoms with Crippen LogP contribution in [0.25, 0.3) is 0 Å². The molecule has 0 saturated carbocycles. The van der Waals surface area contributed by atoms with Crippen molar-refractivity contribution < 1.29 is 9.85 Å². The van der Waals surface area contributed by atoms with Crippen molar-refractivity contribution in [3.05, 3.63) is 79.9 Å². The molecule has 0 aliphatic carbocycles. The summed E-state index contributed by atoms with van der Waals surface area (Å²) in [7, 11) is 0. The van der Waals surface area contributed by atoms with Crippen LogP contribution >= 0.6 is 0 Å². The van der Waals surface area contributed by atoms with Gasteiger partial charge in [0.05, 0.1) is 21.8 Å². The molecule has 2 rings (SSSR count). The summed E-state index contributed by atoms with van der Waals surface area (Å²) in [5.41, 5.74) is 0.374. The van der Waals surface area contributed by atoms with Crippen LogP contribution in [0.5, 0.6) is 0 Å². The van der Waals surface area contributed by atoms with Crippen molar-refractivity contribution in [1.82, 2.24) is 0 Å². The first-order valence-corrected chi connectivity index (χ1v) is 6.39. The Labute approximate surface area is 125 Å².